The van der Waals surface area contributed by atoms with Crippen LogP contribution in [0.25, 0.3) is 0 Å². The summed E-state index contributed by atoms with van der Waals surface area (Å²) in [5.74, 6) is -0.726. The average Bonchev–Trinajstić information content (AvgIpc) is 2.80. The Morgan fingerprint density at radius 2 is 2.00 bits per heavy atom. The Bertz CT molecular complexity index is 526. The fourth-order valence-corrected chi connectivity index (χ4v) is 2.95. The number of amides is 1. The number of nitriles is 1. The molecule has 96 valence electrons. The van der Waals surface area contributed by atoms with Gasteiger partial charge in [0.15, 0.2) is 0 Å². The molecule has 0 aliphatic carbocycles. The first kappa shape index (κ1) is 12.6. The molecule has 0 bridgehead atoms. The second-order valence-electron chi connectivity index (χ2n) is 4.04. The van der Waals surface area contributed by atoms with Crippen LogP contribution in [-0.2, 0) is 0 Å². The summed E-state index contributed by atoms with van der Waals surface area (Å²) in [6, 6.07) is 1.89. The maximum Gasteiger partial charge on any atom is 0.253 e. The Labute approximate surface area is 107 Å². The number of anilines is 2. The second-order valence-corrected chi connectivity index (χ2v) is 5.04. The number of primary amides is 1. The number of aliphatic hydroxyl groups is 2. The summed E-state index contributed by atoms with van der Waals surface area (Å²) in [6.45, 7) is 0.346. The first-order chi connectivity index (χ1) is 8.45. The zero-order chi connectivity index (χ0) is 13.4. The lowest BCUT2D eigenvalue weighted by molar-refractivity contribution is 0.0572. The Morgan fingerprint density at radius 1 is 1.44 bits per heavy atom. The minimum Gasteiger partial charge on any atom is -0.396 e. The van der Waals surface area contributed by atoms with Gasteiger partial charge in [0.1, 0.15) is 15.9 Å². The van der Waals surface area contributed by atoms with E-state index in [0.717, 1.165) is 11.3 Å². The normalized spacial score (nSPS) is 23.1. The van der Waals surface area contributed by atoms with Crippen molar-refractivity contribution in [3.8, 4) is 6.07 Å². The molecule has 1 aromatic rings. The molecule has 1 aliphatic heterocycles. The minimum atomic E-state index is -0.889. The molecular weight excluding hydrogens is 256 g/mol. The highest BCUT2D eigenvalue weighted by Crippen LogP contribution is 2.38. The number of β-amino-alcohol motifs (C(OH)–C–C–N with tert-alkyl or cyclic N) is 2. The van der Waals surface area contributed by atoms with Crippen molar-refractivity contribution in [3.05, 3.63) is 10.4 Å². The summed E-state index contributed by atoms with van der Waals surface area (Å²) in [5, 5.41) is 28.3. The van der Waals surface area contributed by atoms with Crippen LogP contribution in [0.3, 0.4) is 0 Å². The molecule has 2 rings (SSSR count). The van der Waals surface area contributed by atoms with Gasteiger partial charge in [0, 0.05) is 13.1 Å². The second kappa shape index (κ2) is 4.45. The number of nitrogen functional groups attached to an aromatic ring is 1. The molecule has 1 aromatic heterocycles. The molecule has 2 atom stereocenters. The van der Waals surface area contributed by atoms with Gasteiger partial charge in [-0.2, -0.15) is 5.26 Å². The van der Waals surface area contributed by atoms with Crippen molar-refractivity contribution in [3.63, 3.8) is 0 Å². The van der Waals surface area contributed by atoms with Gasteiger partial charge in [-0.05, 0) is 0 Å². The predicted octanol–water partition coefficient (Wildman–Crippen LogP) is -1.16. The van der Waals surface area contributed by atoms with Crippen LogP contribution >= 0.6 is 11.3 Å². The Morgan fingerprint density at radius 3 is 2.44 bits per heavy atom. The number of aliphatic hydroxyl groups excluding tert-OH is 2. The van der Waals surface area contributed by atoms with Crippen LogP contribution in [0.15, 0.2) is 0 Å². The number of rotatable bonds is 2. The van der Waals surface area contributed by atoms with Crippen LogP contribution in [0.1, 0.15) is 15.2 Å². The molecule has 18 heavy (non-hydrogen) atoms. The Hall–Kier alpha value is -1.82. The highest BCUT2D eigenvalue weighted by molar-refractivity contribution is 7.17. The number of nitrogens with two attached hydrogens (primary N) is 2. The van der Waals surface area contributed by atoms with Crippen LogP contribution in [0.2, 0.25) is 0 Å². The lowest BCUT2D eigenvalue weighted by Gasteiger charge is -2.16. The van der Waals surface area contributed by atoms with Crippen molar-refractivity contribution in [2.75, 3.05) is 23.7 Å². The molecular formula is C10H12N4O3S. The summed E-state index contributed by atoms with van der Waals surface area (Å²) < 4.78 is 0. The van der Waals surface area contributed by atoms with E-state index in [1.807, 2.05) is 6.07 Å². The van der Waals surface area contributed by atoms with E-state index < -0.39 is 18.1 Å². The van der Waals surface area contributed by atoms with E-state index in [4.69, 9.17) is 16.7 Å². The third kappa shape index (κ3) is 1.88. The van der Waals surface area contributed by atoms with Gasteiger partial charge in [-0.1, -0.05) is 0 Å². The zero-order valence-corrected chi connectivity index (χ0v) is 10.1. The molecule has 1 aliphatic rings. The van der Waals surface area contributed by atoms with E-state index >= 15 is 0 Å². The number of hydrogen-bond donors (Lipinski definition) is 4. The number of carbonyl (C=O) groups excluding carboxylic acids is 1. The smallest absolute Gasteiger partial charge is 0.253 e. The molecule has 1 saturated heterocycles. The topological polar surface area (TPSA) is 137 Å². The van der Waals surface area contributed by atoms with E-state index in [0.29, 0.717) is 5.00 Å². The molecule has 2 unspecified atom stereocenters. The van der Waals surface area contributed by atoms with Gasteiger partial charge < -0.3 is 26.6 Å². The molecule has 8 heteroatoms. The van der Waals surface area contributed by atoms with Gasteiger partial charge in [0.05, 0.1) is 23.5 Å². The number of thiophene rings is 1. The SMILES string of the molecule is N#Cc1sc(N2CC(O)C(O)C2)c(C(N)=O)c1N. The van der Waals surface area contributed by atoms with Crippen LogP contribution in [-0.4, -0.2) is 41.4 Å². The van der Waals surface area contributed by atoms with Gasteiger partial charge in [-0.25, -0.2) is 0 Å². The van der Waals surface area contributed by atoms with Crippen molar-refractivity contribution >= 4 is 27.9 Å². The van der Waals surface area contributed by atoms with Gasteiger partial charge in [-0.15, -0.1) is 11.3 Å². The predicted molar refractivity (Wildman–Crippen MR) is 66.2 cm³/mol. The summed E-state index contributed by atoms with van der Waals surface area (Å²) in [7, 11) is 0. The minimum absolute atomic E-state index is 0.0564. The molecule has 7 nitrogen and oxygen atoms in total. The highest BCUT2D eigenvalue weighted by atomic mass is 32.1. The average molecular weight is 268 g/mol. The van der Waals surface area contributed by atoms with Crippen LogP contribution in [0, 0.1) is 11.3 Å². The molecule has 1 fully saturated rings. The summed E-state index contributed by atoms with van der Waals surface area (Å²) in [5.41, 5.74) is 11.1. The third-order valence-electron chi connectivity index (χ3n) is 2.82. The fourth-order valence-electron chi connectivity index (χ4n) is 1.91. The number of hydrogen-bond acceptors (Lipinski definition) is 7. The van der Waals surface area contributed by atoms with E-state index in [2.05, 4.69) is 0 Å². The number of carbonyl (C=O) groups is 1. The molecule has 0 saturated carbocycles. The van der Waals surface area contributed by atoms with Gasteiger partial charge in [0.2, 0.25) is 0 Å². The Kier molecular flexibility index (Phi) is 3.13. The highest BCUT2D eigenvalue weighted by Gasteiger charge is 2.34. The van der Waals surface area contributed by atoms with E-state index in [1.165, 1.54) is 0 Å². The lowest BCUT2D eigenvalue weighted by Crippen LogP contribution is -2.24. The van der Waals surface area contributed by atoms with Gasteiger partial charge in [-0.3, -0.25) is 4.79 Å². The molecule has 1 amide bonds. The third-order valence-corrected chi connectivity index (χ3v) is 3.99. The molecule has 0 radical (unpaired) electrons. The van der Waals surface area contributed by atoms with Crippen LogP contribution in [0.4, 0.5) is 10.7 Å². The molecule has 6 N–H and O–H groups in total. The summed E-state index contributed by atoms with van der Waals surface area (Å²) >= 11 is 1.03. The van der Waals surface area contributed by atoms with Crippen molar-refractivity contribution in [1.29, 1.82) is 5.26 Å². The van der Waals surface area contributed by atoms with E-state index in [1.54, 1.807) is 4.90 Å². The maximum atomic E-state index is 11.4. The largest absolute Gasteiger partial charge is 0.396 e. The van der Waals surface area contributed by atoms with Crippen molar-refractivity contribution < 1.29 is 15.0 Å². The van der Waals surface area contributed by atoms with E-state index in [-0.39, 0.29) is 29.2 Å². The monoisotopic (exact) mass is 268 g/mol. The van der Waals surface area contributed by atoms with Crippen molar-refractivity contribution in [2.45, 2.75) is 12.2 Å². The number of nitrogens with zero attached hydrogens (tertiary/aromatic N) is 2. The first-order valence-electron chi connectivity index (χ1n) is 5.19. The Balaban J connectivity index is 2.45. The zero-order valence-electron chi connectivity index (χ0n) is 9.33. The van der Waals surface area contributed by atoms with Gasteiger partial charge in [0.25, 0.3) is 5.91 Å². The van der Waals surface area contributed by atoms with Crippen LogP contribution < -0.4 is 16.4 Å². The standard InChI is InChI=1S/C10H12N4O3S/c11-1-6-8(12)7(9(13)17)10(18-6)14-2-4(15)5(16)3-14/h4-5,15-16H,2-3,12H2,(H2,13,17). The van der Waals surface area contributed by atoms with Crippen LogP contribution in [0.5, 0.6) is 0 Å². The van der Waals surface area contributed by atoms with Crippen molar-refractivity contribution in [1.82, 2.24) is 0 Å². The fraction of sp³-hybridized carbons (Fsp3) is 0.400. The quantitative estimate of drug-likeness (QED) is 0.534. The maximum absolute atomic E-state index is 11.4. The molecule has 0 spiro atoms. The lowest BCUT2D eigenvalue weighted by atomic mass is 10.2. The van der Waals surface area contributed by atoms with E-state index in [9.17, 15) is 15.0 Å². The molecule has 0 aromatic carbocycles. The molecule has 2 heterocycles. The summed E-state index contributed by atoms with van der Waals surface area (Å²) in [6.07, 6.45) is -1.78. The van der Waals surface area contributed by atoms with Gasteiger partial charge >= 0.3 is 0 Å². The summed E-state index contributed by atoms with van der Waals surface area (Å²) in [4.78, 5) is 13.2. The van der Waals surface area contributed by atoms with Crippen molar-refractivity contribution in [2.24, 2.45) is 5.73 Å². The first-order valence-corrected chi connectivity index (χ1v) is 6.00.